The number of aromatic nitrogens is 1. The van der Waals surface area contributed by atoms with Gasteiger partial charge in [-0.25, -0.2) is 9.78 Å². The Balaban J connectivity index is 1.85. The Morgan fingerprint density at radius 3 is 2.90 bits per heavy atom. The van der Waals surface area contributed by atoms with Crippen molar-refractivity contribution in [3.05, 3.63) is 35.7 Å². The summed E-state index contributed by atoms with van der Waals surface area (Å²) >= 11 is 1.41. The van der Waals surface area contributed by atoms with Crippen molar-refractivity contribution in [1.82, 2.24) is 10.3 Å². The van der Waals surface area contributed by atoms with Crippen LogP contribution >= 0.6 is 11.3 Å². The number of anilines is 1. The summed E-state index contributed by atoms with van der Waals surface area (Å²) in [6.07, 6.45) is 0.789. The summed E-state index contributed by atoms with van der Waals surface area (Å²) in [7, 11) is 1.64. The van der Waals surface area contributed by atoms with Crippen LogP contribution in [-0.4, -0.2) is 31.3 Å². The fourth-order valence-corrected chi connectivity index (χ4v) is 2.35. The number of urea groups is 1. The Kier molecular flexibility index (Phi) is 5.52. The molecule has 1 aromatic carbocycles. The van der Waals surface area contributed by atoms with Crippen LogP contribution in [0, 0.1) is 0 Å². The second-order valence-corrected chi connectivity index (χ2v) is 4.99. The van der Waals surface area contributed by atoms with Gasteiger partial charge in [0.05, 0.1) is 5.69 Å². The van der Waals surface area contributed by atoms with E-state index in [0.717, 1.165) is 17.7 Å². The van der Waals surface area contributed by atoms with Gasteiger partial charge in [0.25, 0.3) is 0 Å². The lowest BCUT2D eigenvalue weighted by atomic mass is 10.2. The third kappa shape index (κ3) is 4.32. The fraction of sp³-hybridized carbons (Fsp3) is 0.286. The first-order valence-electron chi connectivity index (χ1n) is 6.34. The monoisotopic (exact) mass is 291 g/mol. The maximum absolute atomic E-state index is 11.6. The van der Waals surface area contributed by atoms with Crippen molar-refractivity contribution >= 4 is 22.5 Å². The van der Waals surface area contributed by atoms with Crippen LogP contribution in [0.15, 0.2) is 35.7 Å². The molecule has 0 aliphatic carbocycles. The molecule has 2 N–H and O–H groups in total. The van der Waals surface area contributed by atoms with Crippen LogP contribution in [0.3, 0.4) is 0 Å². The van der Waals surface area contributed by atoms with E-state index in [0.29, 0.717) is 18.3 Å². The first-order valence-corrected chi connectivity index (χ1v) is 7.22. The van der Waals surface area contributed by atoms with Gasteiger partial charge in [0.2, 0.25) is 0 Å². The van der Waals surface area contributed by atoms with Crippen molar-refractivity contribution < 1.29 is 9.53 Å². The minimum atomic E-state index is -0.241. The molecule has 1 aromatic heterocycles. The number of benzene rings is 1. The minimum absolute atomic E-state index is 0.241. The highest BCUT2D eigenvalue weighted by atomic mass is 32.1. The highest BCUT2D eigenvalue weighted by Gasteiger charge is 2.07. The molecule has 5 nitrogen and oxygen atoms in total. The van der Waals surface area contributed by atoms with E-state index >= 15 is 0 Å². The minimum Gasteiger partial charge on any atom is -0.385 e. The third-order valence-electron chi connectivity index (χ3n) is 2.60. The van der Waals surface area contributed by atoms with Crippen LogP contribution in [0.1, 0.15) is 6.42 Å². The first kappa shape index (κ1) is 14.5. The predicted molar refractivity (Wildman–Crippen MR) is 81.1 cm³/mol. The van der Waals surface area contributed by atoms with Crippen molar-refractivity contribution in [2.45, 2.75) is 6.42 Å². The highest BCUT2D eigenvalue weighted by molar-refractivity contribution is 7.14. The second kappa shape index (κ2) is 7.62. The molecule has 0 bridgehead atoms. The van der Waals surface area contributed by atoms with E-state index in [1.807, 2.05) is 35.7 Å². The third-order valence-corrected chi connectivity index (χ3v) is 3.36. The Morgan fingerprint density at radius 1 is 1.35 bits per heavy atom. The number of hydrogen-bond donors (Lipinski definition) is 2. The summed E-state index contributed by atoms with van der Waals surface area (Å²) in [5, 5.41) is 7.99. The van der Waals surface area contributed by atoms with Gasteiger partial charge in [0.1, 0.15) is 0 Å². The Labute approximate surface area is 122 Å². The lowest BCUT2D eigenvalue weighted by Crippen LogP contribution is -2.29. The summed E-state index contributed by atoms with van der Waals surface area (Å²) in [5.74, 6) is 0. The second-order valence-electron chi connectivity index (χ2n) is 4.13. The van der Waals surface area contributed by atoms with Gasteiger partial charge in [0.15, 0.2) is 5.13 Å². The van der Waals surface area contributed by atoms with Crippen molar-refractivity contribution in [2.75, 3.05) is 25.6 Å². The van der Waals surface area contributed by atoms with Gasteiger partial charge in [-0.3, -0.25) is 5.32 Å². The number of nitrogens with one attached hydrogen (secondary N) is 2. The maximum atomic E-state index is 11.6. The van der Waals surface area contributed by atoms with Gasteiger partial charge < -0.3 is 10.1 Å². The lowest BCUT2D eigenvalue weighted by Gasteiger charge is -2.04. The average Bonchev–Trinajstić information content (AvgIpc) is 2.93. The molecule has 0 saturated heterocycles. The van der Waals surface area contributed by atoms with Crippen LogP contribution in [0.4, 0.5) is 9.93 Å². The van der Waals surface area contributed by atoms with Crippen molar-refractivity contribution in [3.63, 3.8) is 0 Å². The van der Waals surface area contributed by atoms with E-state index in [9.17, 15) is 4.79 Å². The van der Waals surface area contributed by atoms with E-state index in [4.69, 9.17) is 4.74 Å². The Morgan fingerprint density at radius 2 is 2.15 bits per heavy atom. The molecule has 2 amide bonds. The summed E-state index contributed by atoms with van der Waals surface area (Å²) in [4.78, 5) is 16.0. The number of carbonyl (C=O) groups is 1. The number of carbonyl (C=O) groups excluding carboxylic acids is 1. The van der Waals surface area contributed by atoms with Gasteiger partial charge in [-0.2, -0.15) is 0 Å². The molecule has 20 heavy (non-hydrogen) atoms. The zero-order chi connectivity index (χ0) is 14.2. The molecule has 0 atom stereocenters. The standard InChI is InChI=1S/C14H17N3O2S/c1-19-9-5-8-15-13(18)17-14-16-12(10-20-14)11-6-3-2-4-7-11/h2-4,6-7,10H,5,8-9H2,1H3,(H2,15,16,17,18). The van der Waals surface area contributed by atoms with Gasteiger partial charge >= 0.3 is 6.03 Å². The van der Waals surface area contributed by atoms with E-state index in [1.165, 1.54) is 11.3 Å². The number of amides is 2. The highest BCUT2D eigenvalue weighted by Crippen LogP contribution is 2.24. The molecule has 0 radical (unpaired) electrons. The summed E-state index contributed by atoms with van der Waals surface area (Å²) in [6, 6.07) is 9.62. The van der Waals surface area contributed by atoms with Crippen molar-refractivity contribution in [3.8, 4) is 11.3 Å². The van der Waals surface area contributed by atoms with Gasteiger partial charge in [0, 0.05) is 31.2 Å². The van der Waals surface area contributed by atoms with Crippen LogP contribution in [-0.2, 0) is 4.74 Å². The van der Waals surface area contributed by atoms with Crippen LogP contribution < -0.4 is 10.6 Å². The largest absolute Gasteiger partial charge is 0.385 e. The molecule has 6 heteroatoms. The molecule has 0 aliphatic heterocycles. The number of methoxy groups -OCH3 is 1. The summed E-state index contributed by atoms with van der Waals surface area (Å²) in [6.45, 7) is 1.21. The number of nitrogens with zero attached hydrogens (tertiary/aromatic N) is 1. The summed E-state index contributed by atoms with van der Waals surface area (Å²) < 4.78 is 4.91. The Hall–Kier alpha value is -1.92. The van der Waals surface area contributed by atoms with Crippen LogP contribution in [0.2, 0.25) is 0 Å². The van der Waals surface area contributed by atoms with Crippen molar-refractivity contribution in [2.24, 2.45) is 0 Å². The van der Waals surface area contributed by atoms with Crippen molar-refractivity contribution in [1.29, 1.82) is 0 Å². The molecule has 2 rings (SSSR count). The van der Waals surface area contributed by atoms with E-state index < -0.39 is 0 Å². The SMILES string of the molecule is COCCCNC(=O)Nc1nc(-c2ccccc2)cs1. The summed E-state index contributed by atoms with van der Waals surface area (Å²) in [5.41, 5.74) is 1.91. The molecule has 0 saturated carbocycles. The molecule has 0 aliphatic rings. The van der Waals surface area contributed by atoms with E-state index in [1.54, 1.807) is 7.11 Å². The molecular weight excluding hydrogens is 274 g/mol. The topological polar surface area (TPSA) is 63.2 Å². The normalized spacial score (nSPS) is 10.2. The molecule has 0 spiro atoms. The van der Waals surface area contributed by atoms with E-state index in [2.05, 4.69) is 15.6 Å². The molecule has 0 fully saturated rings. The number of ether oxygens (including phenoxy) is 1. The average molecular weight is 291 g/mol. The lowest BCUT2D eigenvalue weighted by molar-refractivity contribution is 0.194. The molecule has 1 heterocycles. The zero-order valence-corrected chi connectivity index (χ0v) is 12.1. The first-order chi connectivity index (χ1) is 9.79. The quantitative estimate of drug-likeness (QED) is 0.804. The van der Waals surface area contributed by atoms with E-state index in [-0.39, 0.29) is 6.03 Å². The van der Waals surface area contributed by atoms with Gasteiger partial charge in [-0.1, -0.05) is 30.3 Å². The molecule has 106 valence electrons. The van der Waals surface area contributed by atoms with Crippen LogP contribution in [0.25, 0.3) is 11.3 Å². The smallest absolute Gasteiger partial charge is 0.321 e. The van der Waals surface area contributed by atoms with Gasteiger partial charge in [-0.15, -0.1) is 11.3 Å². The molecule has 2 aromatic rings. The maximum Gasteiger partial charge on any atom is 0.321 e. The predicted octanol–water partition coefficient (Wildman–Crippen LogP) is 2.97. The molecular formula is C14H17N3O2S. The zero-order valence-electron chi connectivity index (χ0n) is 11.3. The fourth-order valence-electron chi connectivity index (χ4n) is 1.63. The van der Waals surface area contributed by atoms with Gasteiger partial charge in [-0.05, 0) is 6.42 Å². The van der Waals surface area contributed by atoms with Crippen LogP contribution in [0.5, 0.6) is 0 Å². The number of thiazole rings is 1. The molecule has 0 unspecified atom stereocenters. The number of rotatable bonds is 6. The Bertz CT molecular complexity index is 542. The number of hydrogen-bond acceptors (Lipinski definition) is 4.